The zero-order valence-electron chi connectivity index (χ0n) is 16.5. The van der Waals surface area contributed by atoms with Gasteiger partial charge >= 0.3 is 5.97 Å². The molecule has 5 nitrogen and oxygen atoms in total. The number of nitrogens with zero attached hydrogens (tertiary/aromatic N) is 1. The van der Waals surface area contributed by atoms with Gasteiger partial charge in [-0.1, -0.05) is 42.5 Å². The van der Waals surface area contributed by atoms with Gasteiger partial charge in [0.2, 0.25) is 0 Å². The van der Waals surface area contributed by atoms with Crippen molar-refractivity contribution in [2.45, 2.75) is 18.5 Å². The molecular formula is C25H21NO4. The first-order chi connectivity index (χ1) is 14.6. The Labute approximate surface area is 174 Å². The second-order valence-electron chi connectivity index (χ2n) is 7.27. The van der Waals surface area contributed by atoms with E-state index in [0.717, 1.165) is 27.7 Å². The minimum absolute atomic E-state index is 0.427. The van der Waals surface area contributed by atoms with Gasteiger partial charge in [-0.25, -0.2) is 4.98 Å². The number of ether oxygens (including phenoxy) is 3. The highest BCUT2D eigenvalue weighted by atomic mass is 16.8. The maximum Gasteiger partial charge on any atom is 0.363 e. The Hall–Kier alpha value is -3.41. The van der Waals surface area contributed by atoms with Crippen molar-refractivity contribution in [2.75, 3.05) is 7.11 Å². The molecule has 2 atom stereocenters. The van der Waals surface area contributed by atoms with E-state index < -0.39 is 12.1 Å². The van der Waals surface area contributed by atoms with Gasteiger partial charge in [0, 0.05) is 24.5 Å². The fourth-order valence-electron chi connectivity index (χ4n) is 3.73. The van der Waals surface area contributed by atoms with Crippen molar-refractivity contribution < 1.29 is 19.3 Å². The van der Waals surface area contributed by atoms with E-state index in [4.69, 9.17) is 19.2 Å². The van der Waals surface area contributed by atoms with Crippen molar-refractivity contribution in [3.05, 3.63) is 90.5 Å². The van der Waals surface area contributed by atoms with Crippen LogP contribution in [0.2, 0.25) is 0 Å². The topological polar surface area (TPSA) is 60.8 Å². The molecule has 0 bridgehead atoms. The molecule has 2 heterocycles. The molecule has 1 unspecified atom stereocenters. The van der Waals surface area contributed by atoms with Crippen molar-refractivity contribution in [1.82, 2.24) is 4.98 Å². The van der Waals surface area contributed by atoms with Gasteiger partial charge in [0.25, 0.3) is 0 Å². The highest BCUT2D eigenvalue weighted by molar-refractivity contribution is 5.81. The second kappa shape index (κ2) is 7.44. The van der Waals surface area contributed by atoms with Crippen LogP contribution in [0.4, 0.5) is 0 Å². The average Bonchev–Trinajstić information content (AvgIpc) is 2.80. The molecule has 150 valence electrons. The third-order valence-corrected chi connectivity index (χ3v) is 5.34. The van der Waals surface area contributed by atoms with Gasteiger partial charge < -0.3 is 19.3 Å². The minimum Gasteiger partial charge on any atom is -0.480 e. The quantitative estimate of drug-likeness (QED) is 0.509. The van der Waals surface area contributed by atoms with Crippen molar-refractivity contribution in [3.63, 3.8) is 0 Å². The van der Waals surface area contributed by atoms with Crippen LogP contribution in [0.3, 0.4) is 0 Å². The van der Waals surface area contributed by atoms with Crippen molar-refractivity contribution >= 4 is 10.9 Å². The summed E-state index contributed by atoms with van der Waals surface area (Å²) in [5.74, 6) is -0.667. The summed E-state index contributed by atoms with van der Waals surface area (Å²) in [5, 5.41) is 12.0. The van der Waals surface area contributed by atoms with Crippen LogP contribution in [0.5, 0.6) is 11.5 Å². The van der Waals surface area contributed by atoms with Crippen molar-refractivity contribution in [3.8, 4) is 22.8 Å². The van der Waals surface area contributed by atoms with Crippen LogP contribution in [-0.2, 0) is 11.2 Å². The lowest BCUT2D eigenvalue weighted by molar-refractivity contribution is -0.349. The molecule has 4 aromatic rings. The Morgan fingerprint density at radius 2 is 1.77 bits per heavy atom. The fraction of sp³-hybridized carbons (Fsp3) is 0.160. The first-order valence-electron chi connectivity index (χ1n) is 9.82. The van der Waals surface area contributed by atoms with Gasteiger partial charge in [-0.3, -0.25) is 0 Å². The van der Waals surface area contributed by atoms with Crippen molar-refractivity contribution in [2.24, 2.45) is 0 Å². The van der Waals surface area contributed by atoms with Gasteiger partial charge in [0.05, 0.1) is 11.2 Å². The molecule has 1 aliphatic heterocycles. The molecule has 0 spiro atoms. The number of methoxy groups -OCH3 is 1. The Morgan fingerprint density at radius 3 is 2.60 bits per heavy atom. The predicted octanol–water partition coefficient (Wildman–Crippen LogP) is 4.58. The first-order valence-corrected chi connectivity index (χ1v) is 9.82. The molecule has 0 saturated carbocycles. The number of hydrogen-bond acceptors (Lipinski definition) is 5. The van der Waals surface area contributed by atoms with Crippen LogP contribution in [0.1, 0.15) is 5.56 Å². The summed E-state index contributed by atoms with van der Waals surface area (Å²) in [7, 11) is 1.40. The Balaban J connectivity index is 1.49. The lowest BCUT2D eigenvalue weighted by atomic mass is 9.98. The number of rotatable bonds is 4. The smallest absolute Gasteiger partial charge is 0.363 e. The van der Waals surface area contributed by atoms with E-state index in [1.54, 1.807) is 0 Å². The second-order valence-corrected chi connectivity index (χ2v) is 7.27. The van der Waals surface area contributed by atoms with Crippen LogP contribution < -0.4 is 9.47 Å². The molecule has 0 amide bonds. The molecule has 5 heteroatoms. The maximum atomic E-state index is 10.9. The molecule has 1 aliphatic rings. The molecule has 5 rings (SSSR count). The van der Waals surface area contributed by atoms with Gasteiger partial charge in [-0.2, -0.15) is 0 Å². The number of pyridine rings is 1. The molecule has 3 aromatic carbocycles. The standard InChI is InChI=1S/C25H21NO4/c1-28-25(27)24(29-20-8-3-2-4-9-20)16-19-15-18(12-14-23(19)30-25)22-13-11-17-7-5-6-10-21(17)26-22/h2-15,24,27H,16H2,1H3/t24-,25?/m1/s1. The van der Waals surface area contributed by atoms with Crippen molar-refractivity contribution in [1.29, 1.82) is 0 Å². The molecular weight excluding hydrogens is 378 g/mol. The van der Waals surface area contributed by atoms with Gasteiger partial charge in [-0.15, -0.1) is 0 Å². The SMILES string of the molecule is COC1(O)Oc2ccc(-c3ccc4ccccc4n3)cc2C[C@H]1Oc1ccccc1. The molecule has 1 aromatic heterocycles. The average molecular weight is 399 g/mol. The fourth-order valence-corrected chi connectivity index (χ4v) is 3.73. The number of aromatic nitrogens is 1. The van der Waals surface area contributed by atoms with E-state index in [1.165, 1.54) is 7.11 Å². The van der Waals surface area contributed by atoms with Crippen LogP contribution in [0.15, 0.2) is 84.9 Å². The summed E-state index contributed by atoms with van der Waals surface area (Å²) in [4.78, 5) is 4.78. The highest BCUT2D eigenvalue weighted by Crippen LogP contribution is 2.37. The third kappa shape index (κ3) is 3.38. The van der Waals surface area contributed by atoms with E-state index in [2.05, 4.69) is 6.07 Å². The normalized spacial score (nSPS) is 20.4. The molecule has 0 radical (unpaired) electrons. The van der Waals surface area contributed by atoms with Crippen LogP contribution in [0, 0.1) is 0 Å². The third-order valence-electron chi connectivity index (χ3n) is 5.34. The lowest BCUT2D eigenvalue weighted by Gasteiger charge is -2.38. The molecule has 1 N–H and O–H groups in total. The highest BCUT2D eigenvalue weighted by Gasteiger charge is 2.46. The lowest BCUT2D eigenvalue weighted by Crippen LogP contribution is -2.55. The number of fused-ring (bicyclic) bond motifs is 2. The number of para-hydroxylation sites is 2. The largest absolute Gasteiger partial charge is 0.480 e. The number of benzene rings is 3. The summed E-state index contributed by atoms with van der Waals surface area (Å²) >= 11 is 0. The van der Waals surface area contributed by atoms with Gasteiger partial charge in [-0.05, 0) is 48.0 Å². The zero-order chi connectivity index (χ0) is 20.6. The van der Waals surface area contributed by atoms with E-state index in [-0.39, 0.29) is 0 Å². The van der Waals surface area contributed by atoms with E-state index in [9.17, 15) is 5.11 Å². The summed E-state index contributed by atoms with van der Waals surface area (Å²) < 4.78 is 17.1. The van der Waals surface area contributed by atoms with Crippen LogP contribution in [0.25, 0.3) is 22.2 Å². The molecule has 0 aliphatic carbocycles. The van der Waals surface area contributed by atoms with E-state index >= 15 is 0 Å². The summed E-state index contributed by atoms with van der Waals surface area (Å²) in [6, 6.07) is 27.2. The zero-order valence-corrected chi connectivity index (χ0v) is 16.5. The van der Waals surface area contributed by atoms with Gasteiger partial charge in [0.15, 0.2) is 6.10 Å². The van der Waals surface area contributed by atoms with Crippen LogP contribution >= 0.6 is 0 Å². The molecule has 30 heavy (non-hydrogen) atoms. The van der Waals surface area contributed by atoms with Gasteiger partial charge in [0.1, 0.15) is 11.5 Å². The molecule has 0 fully saturated rings. The summed E-state index contributed by atoms with van der Waals surface area (Å²) in [6.45, 7) is 0. The van der Waals surface area contributed by atoms with E-state index in [1.807, 2.05) is 78.9 Å². The Bertz CT molecular complexity index is 1190. The Kier molecular flexibility index (Phi) is 4.62. The monoisotopic (exact) mass is 399 g/mol. The number of aliphatic hydroxyl groups is 1. The predicted molar refractivity (Wildman–Crippen MR) is 114 cm³/mol. The molecule has 0 saturated heterocycles. The van der Waals surface area contributed by atoms with Crippen LogP contribution in [-0.4, -0.2) is 29.3 Å². The first kappa shape index (κ1) is 18.6. The summed E-state index contributed by atoms with van der Waals surface area (Å²) in [5.41, 5.74) is 3.72. The maximum absolute atomic E-state index is 10.9. The van der Waals surface area contributed by atoms with E-state index in [0.29, 0.717) is 17.9 Å². The Morgan fingerprint density at radius 1 is 0.967 bits per heavy atom. The number of hydrogen-bond donors (Lipinski definition) is 1. The summed E-state index contributed by atoms with van der Waals surface area (Å²) in [6.07, 6.45) is -0.298. The minimum atomic E-state index is -1.87.